The maximum Gasteiger partial charge on any atom is 0.242 e. The smallest absolute Gasteiger partial charge is 0.242 e. The van der Waals surface area contributed by atoms with Gasteiger partial charge in [-0.25, -0.2) is 12.7 Å². The van der Waals surface area contributed by atoms with Crippen LogP contribution in [0.1, 0.15) is 32.0 Å². The van der Waals surface area contributed by atoms with E-state index < -0.39 is 15.3 Å². The number of nitrogens with one attached hydrogen (secondary N) is 1. The number of benzene rings is 1. The van der Waals surface area contributed by atoms with Gasteiger partial charge in [-0.15, -0.1) is 10.2 Å². The van der Waals surface area contributed by atoms with Gasteiger partial charge in [0, 0.05) is 32.7 Å². The number of sulfonamides is 1. The van der Waals surface area contributed by atoms with E-state index in [1.54, 1.807) is 19.1 Å². The largest absolute Gasteiger partial charge is 0.325 e. The first-order valence-electron chi connectivity index (χ1n) is 9.21. The molecule has 0 bridgehead atoms. The number of carbonyl (C=O) groups is 1. The molecule has 2 heterocycles. The van der Waals surface area contributed by atoms with Gasteiger partial charge in [-0.05, 0) is 38.0 Å². The summed E-state index contributed by atoms with van der Waals surface area (Å²) in [5.41, 5.74) is 0.445. The van der Waals surface area contributed by atoms with Gasteiger partial charge in [-0.1, -0.05) is 24.2 Å². The van der Waals surface area contributed by atoms with E-state index in [0.29, 0.717) is 5.69 Å². The van der Waals surface area contributed by atoms with Crippen molar-refractivity contribution in [1.29, 1.82) is 0 Å². The molecule has 0 radical (unpaired) electrons. The van der Waals surface area contributed by atoms with Crippen LogP contribution in [-0.2, 0) is 27.8 Å². The van der Waals surface area contributed by atoms with E-state index in [4.69, 9.17) is 0 Å². The van der Waals surface area contributed by atoms with Crippen LogP contribution in [-0.4, -0.2) is 52.7 Å². The van der Waals surface area contributed by atoms with Gasteiger partial charge in [0.2, 0.25) is 15.9 Å². The van der Waals surface area contributed by atoms with E-state index in [1.165, 1.54) is 44.4 Å². The fourth-order valence-corrected chi connectivity index (χ4v) is 4.79. The number of hydrogen-bond acceptors (Lipinski definition) is 6. The number of nitrogens with zero attached hydrogens (tertiary/aromatic N) is 4. The lowest BCUT2D eigenvalue weighted by Crippen LogP contribution is -2.24. The molecule has 0 spiro atoms. The van der Waals surface area contributed by atoms with Crippen molar-refractivity contribution in [2.45, 2.75) is 54.5 Å². The highest BCUT2D eigenvalue weighted by Crippen LogP contribution is 2.26. The monoisotopic (exact) mass is 423 g/mol. The summed E-state index contributed by atoms with van der Waals surface area (Å²) < 4.78 is 27.8. The molecule has 1 aromatic heterocycles. The van der Waals surface area contributed by atoms with Crippen LogP contribution in [0.4, 0.5) is 5.69 Å². The van der Waals surface area contributed by atoms with E-state index >= 15 is 0 Å². The lowest BCUT2D eigenvalue weighted by atomic mass is 10.2. The second-order valence-electron chi connectivity index (χ2n) is 6.93. The van der Waals surface area contributed by atoms with Gasteiger partial charge in [0.05, 0.1) is 10.1 Å². The van der Waals surface area contributed by atoms with Crippen LogP contribution in [0.15, 0.2) is 34.3 Å². The van der Waals surface area contributed by atoms with Crippen LogP contribution < -0.4 is 5.32 Å². The molecule has 3 rings (SSSR count). The Labute approximate surface area is 169 Å². The summed E-state index contributed by atoms with van der Waals surface area (Å²) in [6.07, 6.45) is 4.30. The summed E-state index contributed by atoms with van der Waals surface area (Å²) in [4.78, 5) is 12.8. The van der Waals surface area contributed by atoms with Crippen molar-refractivity contribution in [3.63, 3.8) is 0 Å². The molecule has 152 valence electrons. The maximum atomic E-state index is 12.6. The minimum absolute atomic E-state index is 0.137. The number of fused-ring (bicyclic) bond motifs is 1. The number of aromatic nitrogens is 3. The number of rotatable bonds is 6. The van der Waals surface area contributed by atoms with Crippen molar-refractivity contribution >= 4 is 33.4 Å². The predicted molar refractivity (Wildman–Crippen MR) is 109 cm³/mol. The number of thioether (sulfide) groups is 1. The normalized spacial score (nSPS) is 15.7. The Morgan fingerprint density at radius 3 is 2.79 bits per heavy atom. The van der Waals surface area contributed by atoms with Crippen LogP contribution in [0, 0.1) is 0 Å². The molecule has 10 heteroatoms. The van der Waals surface area contributed by atoms with E-state index in [9.17, 15) is 13.2 Å². The van der Waals surface area contributed by atoms with Gasteiger partial charge in [0.15, 0.2) is 5.16 Å². The van der Waals surface area contributed by atoms with Gasteiger partial charge in [-0.2, -0.15) is 0 Å². The molecule has 0 aliphatic carbocycles. The zero-order valence-corrected chi connectivity index (χ0v) is 17.9. The van der Waals surface area contributed by atoms with E-state index in [1.807, 2.05) is 0 Å². The highest BCUT2D eigenvalue weighted by atomic mass is 32.2. The summed E-state index contributed by atoms with van der Waals surface area (Å²) in [6, 6.07) is 6.26. The first-order chi connectivity index (χ1) is 13.3. The van der Waals surface area contributed by atoms with Gasteiger partial charge in [-0.3, -0.25) is 4.79 Å². The average Bonchev–Trinajstić information content (AvgIpc) is 2.88. The molecule has 1 aliphatic heterocycles. The minimum atomic E-state index is -3.55. The second kappa shape index (κ2) is 8.62. The molecule has 1 unspecified atom stereocenters. The Balaban J connectivity index is 1.69. The summed E-state index contributed by atoms with van der Waals surface area (Å²) >= 11 is 1.37. The highest BCUT2D eigenvalue weighted by molar-refractivity contribution is 8.00. The van der Waals surface area contributed by atoms with E-state index in [0.717, 1.165) is 41.1 Å². The van der Waals surface area contributed by atoms with Gasteiger partial charge < -0.3 is 9.88 Å². The molecule has 1 amide bonds. The molecule has 28 heavy (non-hydrogen) atoms. The molecule has 8 nitrogen and oxygen atoms in total. The Bertz CT molecular complexity index is 956. The summed E-state index contributed by atoms with van der Waals surface area (Å²) in [5, 5.41) is 11.7. The van der Waals surface area contributed by atoms with Crippen molar-refractivity contribution in [2.75, 3.05) is 19.4 Å². The Morgan fingerprint density at radius 2 is 2.04 bits per heavy atom. The Hall–Kier alpha value is -1.91. The van der Waals surface area contributed by atoms with Crippen LogP contribution in [0.2, 0.25) is 0 Å². The van der Waals surface area contributed by atoms with Crippen molar-refractivity contribution in [1.82, 2.24) is 19.1 Å². The van der Waals surface area contributed by atoms with Gasteiger partial charge in [0.1, 0.15) is 5.82 Å². The SMILES string of the molecule is CC(Sc1nnc2n1CCCCC2)C(=O)Nc1cccc(S(=O)(=O)N(C)C)c1. The van der Waals surface area contributed by atoms with Gasteiger partial charge >= 0.3 is 0 Å². The first kappa shape index (κ1) is 20.8. The zero-order valence-electron chi connectivity index (χ0n) is 16.3. The summed E-state index contributed by atoms with van der Waals surface area (Å²) in [5.74, 6) is 0.768. The minimum Gasteiger partial charge on any atom is -0.325 e. The molecule has 0 fully saturated rings. The lowest BCUT2D eigenvalue weighted by Gasteiger charge is -2.15. The Morgan fingerprint density at radius 1 is 1.25 bits per heavy atom. The number of amides is 1. The standard InChI is InChI=1S/C18H25N5O3S2/c1-13(27-18-21-20-16-10-5-4-6-11-23(16)18)17(24)19-14-8-7-9-15(12-14)28(25,26)22(2)3/h7-9,12-13H,4-6,10-11H2,1-3H3,(H,19,24). The van der Waals surface area contributed by atoms with Crippen molar-refractivity contribution in [3.8, 4) is 0 Å². The summed E-state index contributed by atoms with van der Waals surface area (Å²) in [6.45, 7) is 2.68. The topological polar surface area (TPSA) is 97.2 Å². The lowest BCUT2D eigenvalue weighted by molar-refractivity contribution is -0.115. The average molecular weight is 424 g/mol. The Kier molecular flexibility index (Phi) is 6.41. The molecule has 2 aromatic rings. The van der Waals surface area contributed by atoms with Crippen LogP contribution in [0.3, 0.4) is 0 Å². The molecule has 0 saturated heterocycles. The molecular formula is C18H25N5O3S2. The fraction of sp³-hybridized carbons (Fsp3) is 0.500. The maximum absolute atomic E-state index is 12.6. The van der Waals surface area contributed by atoms with Crippen LogP contribution in [0.25, 0.3) is 0 Å². The zero-order chi connectivity index (χ0) is 20.3. The quantitative estimate of drug-likeness (QED) is 0.717. The van der Waals surface area contributed by atoms with Gasteiger partial charge in [0.25, 0.3) is 0 Å². The molecule has 1 aliphatic rings. The number of carbonyl (C=O) groups excluding carboxylic acids is 1. The third kappa shape index (κ3) is 4.56. The van der Waals surface area contributed by atoms with Crippen LogP contribution in [0.5, 0.6) is 0 Å². The number of hydrogen-bond donors (Lipinski definition) is 1. The third-order valence-corrected chi connectivity index (χ3v) is 7.50. The first-order valence-corrected chi connectivity index (χ1v) is 11.5. The van der Waals surface area contributed by atoms with Crippen molar-refractivity contribution in [3.05, 3.63) is 30.1 Å². The number of anilines is 1. The van der Waals surface area contributed by atoms with E-state index in [-0.39, 0.29) is 10.8 Å². The molecular weight excluding hydrogens is 398 g/mol. The highest BCUT2D eigenvalue weighted by Gasteiger charge is 2.22. The molecule has 1 aromatic carbocycles. The van der Waals surface area contributed by atoms with E-state index in [2.05, 4.69) is 20.1 Å². The predicted octanol–water partition coefficient (Wildman–Crippen LogP) is 2.37. The third-order valence-electron chi connectivity index (χ3n) is 4.61. The summed E-state index contributed by atoms with van der Waals surface area (Å²) in [7, 11) is -0.609. The number of aryl methyl sites for hydroxylation is 1. The molecule has 1 atom stereocenters. The van der Waals surface area contributed by atoms with Crippen molar-refractivity contribution < 1.29 is 13.2 Å². The molecule has 1 N–H and O–H groups in total. The second-order valence-corrected chi connectivity index (χ2v) is 10.4. The van der Waals surface area contributed by atoms with Crippen molar-refractivity contribution in [2.24, 2.45) is 0 Å². The van der Waals surface area contributed by atoms with Crippen LogP contribution >= 0.6 is 11.8 Å². The fourth-order valence-electron chi connectivity index (χ4n) is 2.95. The molecule has 0 saturated carbocycles.